The number of carbonyl (C=O) groups excluding carboxylic acids is 4. The number of nitrogens with one attached hydrogen (secondary N) is 2. The van der Waals surface area contributed by atoms with Gasteiger partial charge >= 0.3 is 11.9 Å². The van der Waals surface area contributed by atoms with Crippen molar-refractivity contribution >= 4 is 77.2 Å². The molecule has 0 unspecified atom stereocenters. The molecule has 2 aliphatic rings. The zero-order valence-electron chi connectivity index (χ0n) is 21.7. The number of amides is 2. The summed E-state index contributed by atoms with van der Waals surface area (Å²) in [5.74, 6) is -1.89. The maximum atomic E-state index is 12.9. The third-order valence-corrected chi connectivity index (χ3v) is 7.94. The van der Waals surface area contributed by atoms with Gasteiger partial charge in [-0.2, -0.15) is 13.5 Å². The van der Waals surface area contributed by atoms with Crippen LogP contribution in [-0.4, -0.2) is 69.2 Å². The highest BCUT2D eigenvalue weighted by atomic mass is 35.5. The molecule has 0 spiro atoms. The molecule has 206 valence electrons. The number of esters is 2. The van der Waals surface area contributed by atoms with Gasteiger partial charge in [0.25, 0.3) is 0 Å². The van der Waals surface area contributed by atoms with Crippen LogP contribution in [0.1, 0.15) is 34.6 Å². The Morgan fingerprint density at radius 3 is 2.58 bits per heavy atom. The second kappa shape index (κ2) is 11.2. The van der Waals surface area contributed by atoms with E-state index in [-0.39, 0.29) is 31.9 Å². The highest BCUT2D eigenvalue weighted by molar-refractivity contribution is 8.01. The minimum absolute atomic E-state index is 0. The molecule has 3 atom stereocenters. The number of benzene rings is 1. The molecule has 1 aromatic heterocycles. The van der Waals surface area contributed by atoms with Crippen LogP contribution in [0.5, 0.6) is 0 Å². The molecule has 0 saturated carbocycles. The first kappa shape index (κ1) is 29.9. The molecule has 0 aliphatic carbocycles. The number of hydrogen-bond acceptors (Lipinski definition) is 9. The summed E-state index contributed by atoms with van der Waals surface area (Å²) >= 11 is 7.44. The number of fused-ring (bicyclic) bond motifs is 2. The number of pyridine rings is 1. The highest BCUT2D eigenvalue weighted by Gasteiger charge is 2.64. The van der Waals surface area contributed by atoms with Crippen LogP contribution >= 0.6 is 36.9 Å². The first-order valence-corrected chi connectivity index (χ1v) is 13.0. The van der Waals surface area contributed by atoms with E-state index in [1.54, 1.807) is 45.2 Å². The quantitative estimate of drug-likeness (QED) is 0.288. The Kier molecular flexibility index (Phi) is 8.79. The van der Waals surface area contributed by atoms with Crippen LogP contribution in [-0.2, 0) is 28.7 Å². The van der Waals surface area contributed by atoms with E-state index in [0.29, 0.717) is 16.2 Å². The van der Waals surface area contributed by atoms with E-state index in [1.165, 1.54) is 16.7 Å². The number of halogens is 1. The molecule has 10 nitrogen and oxygen atoms in total. The Hall–Kier alpha value is -2.70. The van der Waals surface area contributed by atoms with Crippen LogP contribution in [0.15, 0.2) is 30.5 Å². The van der Waals surface area contributed by atoms with Gasteiger partial charge in [0.2, 0.25) is 18.6 Å². The normalized spacial score (nSPS) is 21.6. The Labute approximate surface area is 237 Å². The number of nitrogens with zero attached hydrogens (tertiary/aromatic N) is 2. The summed E-state index contributed by atoms with van der Waals surface area (Å²) in [6.07, 6.45) is 1.62. The first-order valence-electron chi connectivity index (χ1n) is 11.7. The van der Waals surface area contributed by atoms with Crippen molar-refractivity contribution in [2.45, 2.75) is 56.8 Å². The molecule has 2 amide bonds. The van der Waals surface area contributed by atoms with Crippen molar-refractivity contribution in [1.82, 2.24) is 15.2 Å². The van der Waals surface area contributed by atoms with Crippen molar-refractivity contribution in [3.05, 3.63) is 35.5 Å². The molecule has 2 aromatic rings. The summed E-state index contributed by atoms with van der Waals surface area (Å²) in [6, 6.07) is 5.42. The largest absolute Gasteiger partial charge is 0.427 e. The summed E-state index contributed by atoms with van der Waals surface area (Å²) in [7, 11) is 0. The average Bonchev–Trinajstić information content (AvgIpc) is 3.07. The van der Waals surface area contributed by atoms with Crippen LogP contribution in [0, 0.1) is 5.41 Å². The zero-order valence-corrected chi connectivity index (χ0v) is 24.2. The fraction of sp³-hybridized carbons (Fsp3) is 0.480. The number of aromatic nitrogens is 1. The van der Waals surface area contributed by atoms with E-state index in [0.717, 1.165) is 5.39 Å². The number of thioether (sulfide) groups is 1. The van der Waals surface area contributed by atoms with Gasteiger partial charge in [-0.25, -0.2) is 4.79 Å². The van der Waals surface area contributed by atoms with Gasteiger partial charge < -0.3 is 25.0 Å². The third kappa shape index (κ3) is 5.97. The molecular weight excluding hydrogens is 552 g/mol. The molecule has 2 saturated heterocycles. The van der Waals surface area contributed by atoms with Gasteiger partial charge in [-0.3, -0.25) is 19.4 Å². The average molecular weight is 583 g/mol. The second-order valence-electron chi connectivity index (χ2n) is 10.4. The van der Waals surface area contributed by atoms with E-state index in [9.17, 15) is 19.2 Å². The summed E-state index contributed by atoms with van der Waals surface area (Å²) in [4.78, 5) is 56.0. The molecule has 4 rings (SSSR count). The minimum atomic E-state index is -0.871. The maximum absolute atomic E-state index is 12.9. The maximum Gasteiger partial charge on any atom is 0.333 e. The van der Waals surface area contributed by atoms with Crippen molar-refractivity contribution in [1.29, 1.82) is 0 Å². The lowest BCUT2D eigenvalue weighted by atomic mass is 9.96. The van der Waals surface area contributed by atoms with Gasteiger partial charge in [0, 0.05) is 27.0 Å². The smallest absolute Gasteiger partial charge is 0.333 e. The molecule has 0 bridgehead atoms. The molecule has 1 aromatic carbocycles. The number of rotatable bonds is 7. The van der Waals surface area contributed by atoms with Crippen molar-refractivity contribution in [2.75, 3.05) is 18.7 Å². The summed E-state index contributed by atoms with van der Waals surface area (Å²) in [5, 5.41) is 6.81. The van der Waals surface area contributed by atoms with Crippen molar-refractivity contribution in [2.24, 2.45) is 5.41 Å². The molecule has 2 N–H and O–H groups in total. The van der Waals surface area contributed by atoms with E-state index in [2.05, 4.69) is 15.6 Å². The van der Waals surface area contributed by atoms with Crippen LogP contribution in [0.2, 0.25) is 5.02 Å². The van der Waals surface area contributed by atoms with Crippen LogP contribution in [0.25, 0.3) is 10.9 Å². The fourth-order valence-electron chi connectivity index (χ4n) is 4.24. The fourth-order valence-corrected chi connectivity index (χ4v) is 6.03. The molecule has 2 fully saturated rings. The van der Waals surface area contributed by atoms with Gasteiger partial charge in [0.05, 0.1) is 17.5 Å². The zero-order chi connectivity index (χ0) is 27.1. The summed E-state index contributed by atoms with van der Waals surface area (Å²) in [5.41, 5.74) is 0.675. The third-order valence-electron chi connectivity index (χ3n) is 6.13. The number of anilines is 1. The van der Waals surface area contributed by atoms with Gasteiger partial charge in [0.1, 0.15) is 17.5 Å². The topological polar surface area (TPSA) is 127 Å². The number of β-lactam (4-membered cyclic amide) rings is 1. The summed E-state index contributed by atoms with van der Waals surface area (Å²) in [6.45, 7) is 8.15. The Bertz CT molecular complexity index is 1270. The molecular formula is C25H31ClN4O6S2. The van der Waals surface area contributed by atoms with E-state index in [4.69, 9.17) is 21.1 Å². The van der Waals surface area contributed by atoms with Gasteiger partial charge in [-0.05, 0) is 58.9 Å². The van der Waals surface area contributed by atoms with Gasteiger partial charge in [-0.15, -0.1) is 11.8 Å². The van der Waals surface area contributed by atoms with E-state index >= 15 is 0 Å². The molecule has 13 heteroatoms. The van der Waals surface area contributed by atoms with Crippen molar-refractivity contribution in [3.8, 4) is 0 Å². The van der Waals surface area contributed by atoms with Crippen LogP contribution < -0.4 is 10.6 Å². The Morgan fingerprint density at radius 1 is 1.18 bits per heavy atom. The minimum Gasteiger partial charge on any atom is -0.427 e. The van der Waals surface area contributed by atoms with Crippen molar-refractivity contribution in [3.63, 3.8) is 0 Å². The van der Waals surface area contributed by atoms with Crippen LogP contribution in [0.3, 0.4) is 0 Å². The molecule has 3 heterocycles. The molecule has 2 aliphatic heterocycles. The summed E-state index contributed by atoms with van der Waals surface area (Å²) < 4.78 is 9.52. The van der Waals surface area contributed by atoms with E-state index < -0.39 is 46.4 Å². The predicted octanol–water partition coefficient (Wildman–Crippen LogP) is 3.05. The van der Waals surface area contributed by atoms with Crippen LogP contribution in [0.4, 0.5) is 5.69 Å². The standard InChI is InChI=1S/C25H29ClN4O6S.H2S/c1-24(2,3)23(34)36-12-35-22(33)19-25(4,5)37-21-18(20(32)30(19)21)29-17(31)11-28-15-8-9-27-16-10-13(26)6-7-14(15)16;/h6-10,18-19,21H,11-12H2,1-5H3,(H,27,28)(H,29,31);1H2/t18-,19+,21-;/m1./s1. The Morgan fingerprint density at radius 2 is 1.89 bits per heavy atom. The Balaban J connectivity index is 0.00000400. The first-order chi connectivity index (χ1) is 17.3. The second-order valence-corrected chi connectivity index (χ2v) is 12.6. The number of hydrogen-bond donors (Lipinski definition) is 2. The predicted molar refractivity (Wildman–Crippen MR) is 150 cm³/mol. The van der Waals surface area contributed by atoms with Gasteiger partial charge in [-0.1, -0.05) is 11.6 Å². The van der Waals surface area contributed by atoms with E-state index in [1.807, 2.05) is 19.9 Å². The monoisotopic (exact) mass is 582 g/mol. The number of ether oxygens (including phenoxy) is 2. The lowest BCUT2D eigenvalue weighted by Crippen LogP contribution is -2.71. The molecule has 0 radical (unpaired) electrons. The molecule has 38 heavy (non-hydrogen) atoms. The van der Waals surface area contributed by atoms with Crippen molar-refractivity contribution < 1.29 is 28.7 Å². The lowest BCUT2D eigenvalue weighted by Gasteiger charge is -2.43. The number of carbonyl (C=O) groups is 4. The highest BCUT2D eigenvalue weighted by Crippen LogP contribution is 2.51. The SMILES string of the molecule is CC(C)(C)C(=O)OCOC(=O)[C@@H]1N2C(=O)[C@@H](NC(=O)CNc3ccnc4cc(Cl)ccc34)[C@H]2SC1(C)C.S. The lowest BCUT2D eigenvalue weighted by molar-refractivity contribution is -0.180. The van der Waals surface area contributed by atoms with Gasteiger partial charge in [0.15, 0.2) is 0 Å².